The third kappa shape index (κ3) is 5.14. The highest BCUT2D eigenvalue weighted by molar-refractivity contribution is 8.00. The number of nitrogens with one attached hydrogen (secondary N) is 2. The molecule has 1 aliphatic carbocycles. The van der Waals surface area contributed by atoms with Gasteiger partial charge in [-0.1, -0.05) is 31.7 Å². The van der Waals surface area contributed by atoms with Crippen LogP contribution in [0.4, 0.5) is 10.5 Å². The van der Waals surface area contributed by atoms with Crippen molar-refractivity contribution in [3.8, 4) is 5.69 Å². The number of urea groups is 1. The second-order valence-electron chi connectivity index (χ2n) is 7.32. The standard InChI is InChI=1S/C19H24N6O3S/c1-10(2)15(17(27)22-18(20)28)29-19-24-23-16(12-7-8-12)25(19)14-6-4-5-13(9-14)21-11(3)26/h4-6,9-10,12,15H,7-8H2,1-3H3,(H,21,26)(H3,20,22,27,28). The van der Waals surface area contributed by atoms with Crippen molar-refractivity contribution in [2.45, 2.75) is 49.9 Å². The lowest BCUT2D eigenvalue weighted by molar-refractivity contribution is -0.120. The Balaban J connectivity index is 1.97. The molecule has 1 fully saturated rings. The molecule has 1 heterocycles. The maximum atomic E-state index is 12.4. The number of carbonyl (C=O) groups is 3. The molecule has 1 unspecified atom stereocenters. The van der Waals surface area contributed by atoms with Gasteiger partial charge in [0.05, 0.1) is 10.9 Å². The number of rotatable bonds is 7. The topological polar surface area (TPSA) is 132 Å². The third-order valence-corrected chi connectivity index (χ3v) is 5.86. The van der Waals surface area contributed by atoms with E-state index in [2.05, 4.69) is 20.8 Å². The number of hydrogen-bond donors (Lipinski definition) is 3. The van der Waals surface area contributed by atoms with E-state index in [4.69, 9.17) is 5.73 Å². The van der Waals surface area contributed by atoms with Crippen LogP contribution in [0.3, 0.4) is 0 Å². The first-order chi connectivity index (χ1) is 13.8. The monoisotopic (exact) mass is 416 g/mol. The van der Waals surface area contributed by atoms with Gasteiger partial charge in [-0.3, -0.25) is 19.5 Å². The van der Waals surface area contributed by atoms with Crippen LogP contribution in [0.2, 0.25) is 0 Å². The van der Waals surface area contributed by atoms with E-state index in [1.54, 1.807) is 6.07 Å². The van der Waals surface area contributed by atoms with E-state index in [-0.39, 0.29) is 11.8 Å². The minimum Gasteiger partial charge on any atom is -0.351 e. The van der Waals surface area contributed by atoms with E-state index in [1.807, 2.05) is 36.6 Å². The maximum Gasteiger partial charge on any atom is 0.318 e. The molecule has 4 N–H and O–H groups in total. The van der Waals surface area contributed by atoms with Crippen LogP contribution < -0.4 is 16.4 Å². The molecule has 1 atom stereocenters. The van der Waals surface area contributed by atoms with E-state index in [0.717, 1.165) is 24.4 Å². The van der Waals surface area contributed by atoms with Crippen LogP contribution in [0.25, 0.3) is 5.69 Å². The largest absolute Gasteiger partial charge is 0.351 e. The highest BCUT2D eigenvalue weighted by Gasteiger charge is 2.33. The highest BCUT2D eigenvalue weighted by atomic mass is 32.2. The van der Waals surface area contributed by atoms with Crippen LogP contribution in [-0.2, 0) is 9.59 Å². The Morgan fingerprint density at radius 2 is 1.97 bits per heavy atom. The Labute approximate surface area is 172 Å². The summed E-state index contributed by atoms with van der Waals surface area (Å²) in [5.74, 6) is 0.445. The van der Waals surface area contributed by atoms with Crippen LogP contribution in [0, 0.1) is 5.92 Å². The average Bonchev–Trinajstić information content (AvgIpc) is 3.38. The number of carbonyl (C=O) groups excluding carboxylic acids is 3. The van der Waals surface area contributed by atoms with Crippen molar-refractivity contribution in [2.24, 2.45) is 11.7 Å². The molecule has 1 aromatic heterocycles. The lowest BCUT2D eigenvalue weighted by atomic mass is 10.1. The molecule has 4 amide bonds. The zero-order valence-corrected chi connectivity index (χ0v) is 17.3. The van der Waals surface area contributed by atoms with Crippen LogP contribution in [0.1, 0.15) is 45.4 Å². The Morgan fingerprint density at radius 1 is 1.24 bits per heavy atom. The summed E-state index contributed by atoms with van der Waals surface area (Å²) >= 11 is 1.24. The molecule has 2 aromatic rings. The molecular formula is C19H24N6O3S. The Bertz CT molecular complexity index is 938. The molecule has 0 aliphatic heterocycles. The number of imide groups is 1. The third-order valence-electron chi connectivity index (χ3n) is 4.37. The van der Waals surface area contributed by atoms with E-state index >= 15 is 0 Å². The summed E-state index contributed by atoms with van der Waals surface area (Å²) in [7, 11) is 0. The van der Waals surface area contributed by atoms with Crippen molar-refractivity contribution in [3.63, 3.8) is 0 Å². The number of nitrogens with zero attached hydrogens (tertiary/aromatic N) is 3. The van der Waals surface area contributed by atoms with E-state index in [1.165, 1.54) is 18.7 Å². The predicted molar refractivity (Wildman–Crippen MR) is 110 cm³/mol. The molecule has 10 heteroatoms. The lowest BCUT2D eigenvalue weighted by Crippen LogP contribution is -2.42. The van der Waals surface area contributed by atoms with Crippen molar-refractivity contribution in [1.29, 1.82) is 0 Å². The quantitative estimate of drug-likeness (QED) is 0.594. The van der Waals surface area contributed by atoms with Gasteiger partial charge in [0.25, 0.3) is 0 Å². The number of thioether (sulfide) groups is 1. The summed E-state index contributed by atoms with van der Waals surface area (Å²) < 4.78 is 1.92. The molecule has 0 radical (unpaired) electrons. The Morgan fingerprint density at radius 3 is 2.55 bits per heavy atom. The van der Waals surface area contributed by atoms with Crippen LogP contribution in [0.15, 0.2) is 29.4 Å². The first kappa shape index (κ1) is 20.8. The second kappa shape index (κ2) is 8.64. The zero-order valence-electron chi connectivity index (χ0n) is 16.5. The molecule has 3 rings (SSSR count). The number of benzene rings is 1. The van der Waals surface area contributed by atoms with Gasteiger partial charge in [0.1, 0.15) is 5.82 Å². The number of aromatic nitrogens is 3. The zero-order chi connectivity index (χ0) is 21.1. The molecule has 1 aliphatic rings. The summed E-state index contributed by atoms with van der Waals surface area (Å²) in [5.41, 5.74) is 6.56. The first-order valence-electron chi connectivity index (χ1n) is 9.36. The number of primary amides is 1. The smallest absolute Gasteiger partial charge is 0.318 e. The van der Waals surface area contributed by atoms with Crippen molar-refractivity contribution in [2.75, 3.05) is 5.32 Å². The minimum absolute atomic E-state index is 0.0698. The fraction of sp³-hybridized carbons (Fsp3) is 0.421. The Hall–Kier alpha value is -2.88. The SMILES string of the molecule is CC(=O)Nc1cccc(-n2c(SC(C(=O)NC(N)=O)C(C)C)nnc2C2CC2)c1. The minimum atomic E-state index is -0.885. The average molecular weight is 417 g/mol. The molecule has 154 valence electrons. The van der Waals surface area contributed by atoms with Gasteiger partial charge in [0.15, 0.2) is 5.16 Å². The van der Waals surface area contributed by atoms with Crippen LogP contribution in [-0.4, -0.2) is 37.9 Å². The molecule has 1 saturated carbocycles. The van der Waals surface area contributed by atoms with Crippen molar-refractivity contribution in [1.82, 2.24) is 20.1 Å². The number of nitrogens with two attached hydrogens (primary N) is 1. The van der Waals surface area contributed by atoms with Gasteiger partial charge in [-0.25, -0.2) is 4.79 Å². The molecule has 0 spiro atoms. The first-order valence-corrected chi connectivity index (χ1v) is 10.2. The van der Waals surface area contributed by atoms with Gasteiger partial charge in [-0.15, -0.1) is 10.2 Å². The molecule has 0 saturated heterocycles. The van der Waals surface area contributed by atoms with Crippen molar-refractivity contribution in [3.05, 3.63) is 30.1 Å². The van der Waals surface area contributed by atoms with Crippen molar-refractivity contribution >= 4 is 35.3 Å². The van der Waals surface area contributed by atoms with Crippen LogP contribution >= 0.6 is 11.8 Å². The lowest BCUT2D eigenvalue weighted by Gasteiger charge is -2.19. The van der Waals surface area contributed by atoms with Gasteiger partial charge in [0, 0.05) is 18.5 Å². The van der Waals surface area contributed by atoms with Crippen molar-refractivity contribution < 1.29 is 14.4 Å². The normalized spacial score (nSPS) is 14.5. The molecule has 29 heavy (non-hydrogen) atoms. The fourth-order valence-electron chi connectivity index (χ4n) is 2.93. The summed E-state index contributed by atoms with van der Waals surface area (Å²) in [5, 5.41) is 13.6. The molecule has 9 nitrogen and oxygen atoms in total. The molecular weight excluding hydrogens is 392 g/mol. The fourth-order valence-corrected chi connectivity index (χ4v) is 3.99. The van der Waals surface area contributed by atoms with Gasteiger partial charge in [0.2, 0.25) is 11.8 Å². The van der Waals surface area contributed by atoms with Gasteiger partial charge < -0.3 is 11.1 Å². The number of hydrogen-bond acceptors (Lipinski definition) is 6. The summed E-state index contributed by atoms with van der Waals surface area (Å²) in [4.78, 5) is 35.0. The van der Waals surface area contributed by atoms with Gasteiger partial charge >= 0.3 is 6.03 Å². The van der Waals surface area contributed by atoms with Crippen LogP contribution in [0.5, 0.6) is 0 Å². The summed E-state index contributed by atoms with van der Waals surface area (Å²) in [6.45, 7) is 5.23. The van der Waals surface area contributed by atoms with E-state index in [9.17, 15) is 14.4 Å². The van der Waals surface area contributed by atoms with E-state index in [0.29, 0.717) is 16.8 Å². The maximum absolute atomic E-state index is 12.4. The number of amides is 4. The highest BCUT2D eigenvalue weighted by Crippen LogP contribution is 2.42. The summed E-state index contributed by atoms with van der Waals surface area (Å²) in [6.07, 6.45) is 2.06. The summed E-state index contributed by atoms with van der Waals surface area (Å²) in [6, 6.07) is 6.50. The predicted octanol–water partition coefficient (Wildman–Crippen LogP) is 2.41. The van der Waals surface area contributed by atoms with Gasteiger partial charge in [-0.05, 0) is 37.0 Å². The van der Waals surface area contributed by atoms with Gasteiger partial charge in [-0.2, -0.15) is 0 Å². The second-order valence-corrected chi connectivity index (χ2v) is 8.43. The number of anilines is 1. The molecule has 0 bridgehead atoms. The van der Waals surface area contributed by atoms with E-state index < -0.39 is 17.2 Å². The Kier molecular flexibility index (Phi) is 6.21. The molecule has 1 aromatic carbocycles.